The van der Waals surface area contributed by atoms with Gasteiger partial charge in [0.15, 0.2) is 0 Å². The van der Waals surface area contributed by atoms with E-state index in [0.29, 0.717) is 5.69 Å². The Bertz CT molecular complexity index is 633. The summed E-state index contributed by atoms with van der Waals surface area (Å²) in [5.74, 6) is -1.54. The van der Waals surface area contributed by atoms with Crippen molar-refractivity contribution in [2.45, 2.75) is 25.3 Å². The summed E-state index contributed by atoms with van der Waals surface area (Å²) in [5.41, 5.74) is 0.463. The number of halogens is 3. The van der Waals surface area contributed by atoms with Crippen LogP contribution in [0.5, 0.6) is 0 Å². The van der Waals surface area contributed by atoms with Crippen LogP contribution < -0.4 is 5.32 Å². The van der Waals surface area contributed by atoms with Crippen LogP contribution in [0.15, 0.2) is 18.2 Å². The van der Waals surface area contributed by atoms with E-state index >= 15 is 0 Å². The summed E-state index contributed by atoms with van der Waals surface area (Å²) in [6, 6.07) is 4.28. The smallest absolute Gasteiger partial charge is 0.317 e. The lowest BCUT2D eigenvalue weighted by Gasteiger charge is -2.25. The van der Waals surface area contributed by atoms with Crippen molar-refractivity contribution in [3.8, 4) is 0 Å². The molecule has 1 aromatic carbocycles. The number of anilines is 1. The third-order valence-electron chi connectivity index (χ3n) is 4.37. The van der Waals surface area contributed by atoms with Crippen molar-refractivity contribution in [2.75, 3.05) is 38.5 Å². The van der Waals surface area contributed by atoms with Gasteiger partial charge in [0, 0.05) is 18.3 Å². The highest BCUT2D eigenvalue weighted by atomic mass is 35.5. The zero-order valence-electron chi connectivity index (χ0n) is 14.6. The molecule has 0 spiro atoms. The molecule has 0 bridgehead atoms. The second kappa shape index (κ2) is 10.7. The third kappa shape index (κ3) is 7.07. The second-order valence-electron chi connectivity index (χ2n) is 6.35. The molecule has 146 valence electrons. The maximum atomic E-state index is 13.1. The van der Waals surface area contributed by atoms with Crippen molar-refractivity contribution < 1.29 is 19.1 Å². The number of amides is 1. The molecule has 1 saturated heterocycles. The fourth-order valence-electron chi connectivity index (χ4n) is 3.06. The quantitative estimate of drug-likeness (QED) is 0.758. The predicted molar refractivity (Wildman–Crippen MR) is 102 cm³/mol. The largest absolute Gasteiger partial charge is 0.480 e. The molecule has 1 aromatic rings. The molecule has 1 atom stereocenters. The van der Waals surface area contributed by atoms with Crippen LogP contribution in [0.2, 0.25) is 5.02 Å². The number of likely N-dealkylation sites (N-methyl/N-ethyl adjacent to an activating group) is 1. The van der Waals surface area contributed by atoms with E-state index in [1.165, 1.54) is 18.2 Å². The fraction of sp³-hybridized carbons (Fsp3) is 0.529. The van der Waals surface area contributed by atoms with Gasteiger partial charge in [-0.2, -0.15) is 0 Å². The normalized spacial score (nSPS) is 18.1. The van der Waals surface area contributed by atoms with Gasteiger partial charge in [-0.05, 0) is 51.1 Å². The summed E-state index contributed by atoms with van der Waals surface area (Å²) < 4.78 is 13.1. The first-order valence-corrected chi connectivity index (χ1v) is 8.62. The number of hydrogen-bond acceptors (Lipinski definition) is 4. The Morgan fingerprint density at radius 2 is 2.12 bits per heavy atom. The Labute approximate surface area is 163 Å². The minimum atomic E-state index is -0.832. The molecule has 26 heavy (non-hydrogen) atoms. The standard InChI is InChI=1S/C17H23ClFN3O3.ClH/c1-21(11-17(24)25)13-3-2-7-22(8-6-13)10-16(23)20-12-4-5-15(19)14(18)9-12;/h4-5,9,13H,2-3,6-8,10-11H2,1H3,(H,20,23)(H,24,25);1H. The Hall–Kier alpha value is -1.41. The van der Waals surface area contributed by atoms with Crippen molar-refractivity contribution in [1.29, 1.82) is 0 Å². The number of aliphatic carboxylic acids is 1. The molecular formula is C17H24Cl2FN3O3. The number of nitrogens with zero attached hydrogens (tertiary/aromatic N) is 2. The zero-order valence-corrected chi connectivity index (χ0v) is 16.2. The highest BCUT2D eigenvalue weighted by Gasteiger charge is 2.22. The predicted octanol–water partition coefficient (Wildman–Crippen LogP) is 2.71. The maximum absolute atomic E-state index is 13.1. The van der Waals surface area contributed by atoms with Gasteiger partial charge in [0.05, 0.1) is 18.1 Å². The van der Waals surface area contributed by atoms with E-state index in [-0.39, 0.29) is 42.5 Å². The number of carboxylic acid groups (broad SMARTS) is 1. The first-order valence-electron chi connectivity index (χ1n) is 8.24. The summed E-state index contributed by atoms with van der Waals surface area (Å²) in [6.45, 7) is 1.78. The van der Waals surface area contributed by atoms with Crippen LogP contribution in [0.4, 0.5) is 10.1 Å². The molecule has 1 aliphatic heterocycles. The molecule has 0 saturated carbocycles. The minimum absolute atomic E-state index is 0. The molecule has 9 heteroatoms. The molecule has 1 aliphatic rings. The summed E-state index contributed by atoms with van der Waals surface area (Å²) in [6.07, 6.45) is 2.64. The molecule has 1 unspecified atom stereocenters. The van der Waals surface area contributed by atoms with E-state index in [1.807, 2.05) is 11.9 Å². The van der Waals surface area contributed by atoms with Crippen molar-refractivity contribution >= 4 is 41.6 Å². The van der Waals surface area contributed by atoms with Gasteiger partial charge < -0.3 is 10.4 Å². The Morgan fingerprint density at radius 3 is 2.77 bits per heavy atom. The summed E-state index contributed by atoms with van der Waals surface area (Å²) in [5, 5.41) is 11.6. The van der Waals surface area contributed by atoms with E-state index < -0.39 is 11.8 Å². The highest BCUT2D eigenvalue weighted by molar-refractivity contribution is 6.31. The summed E-state index contributed by atoms with van der Waals surface area (Å²) in [4.78, 5) is 26.9. The molecule has 2 rings (SSSR count). The van der Waals surface area contributed by atoms with Crippen LogP contribution in [0.3, 0.4) is 0 Å². The van der Waals surface area contributed by atoms with Gasteiger partial charge in [-0.25, -0.2) is 4.39 Å². The number of likely N-dealkylation sites (tertiary alicyclic amines) is 1. The molecule has 6 nitrogen and oxygen atoms in total. The van der Waals surface area contributed by atoms with Crippen molar-refractivity contribution in [3.05, 3.63) is 29.0 Å². The minimum Gasteiger partial charge on any atom is -0.480 e. The van der Waals surface area contributed by atoms with E-state index in [2.05, 4.69) is 10.2 Å². The van der Waals surface area contributed by atoms with Gasteiger partial charge in [-0.15, -0.1) is 12.4 Å². The lowest BCUT2D eigenvalue weighted by molar-refractivity contribution is -0.138. The zero-order chi connectivity index (χ0) is 18.4. The van der Waals surface area contributed by atoms with E-state index in [0.717, 1.165) is 32.4 Å². The lowest BCUT2D eigenvalue weighted by atomic mass is 10.1. The van der Waals surface area contributed by atoms with Crippen molar-refractivity contribution in [3.63, 3.8) is 0 Å². The second-order valence-corrected chi connectivity index (χ2v) is 6.75. The van der Waals surface area contributed by atoms with Gasteiger partial charge in [0.2, 0.25) is 5.91 Å². The summed E-state index contributed by atoms with van der Waals surface area (Å²) >= 11 is 5.71. The van der Waals surface area contributed by atoms with Gasteiger partial charge in [-0.3, -0.25) is 19.4 Å². The number of hydrogen-bond donors (Lipinski definition) is 2. The number of benzene rings is 1. The number of nitrogens with one attached hydrogen (secondary N) is 1. The monoisotopic (exact) mass is 407 g/mol. The molecular weight excluding hydrogens is 384 g/mol. The first-order chi connectivity index (χ1) is 11.8. The third-order valence-corrected chi connectivity index (χ3v) is 4.66. The summed E-state index contributed by atoms with van der Waals surface area (Å²) in [7, 11) is 1.82. The van der Waals surface area contributed by atoms with Crippen LogP contribution in [0.1, 0.15) is 19.3 Å². The SMILES string of the molecule is CN(CC(=O)O)C1CCCN(CC(=O)Nc2ccc(F)c(Cl)c2)CC1.Cl. The molecule has 1 amide bonds. The average Bonchev–Trinajstić information content (AvgIpc) is 2.76. The van der Waals surface area contributed by atoms with Gasteiger partial charge >= 0.3 is 5.97 Å². The molecule has 0 aliphatic carbocycles. The van der Waals surface area contributed by atoms with Gasteiger partial charge in [-0.1, -0.05) is 11.6 Å². The topological polar surface area (TPSA) is 72.9 Å². The number of rotatable bonds is 6. The number of carbonyl (C=O) groups is 2. The van der Waals surface area contributed by atoms with Crippen LogP contribution in [0.25, 0.3) is 0 Å². The Balaban J connectivity index is 0.00000338. The highest BCUT2D eigenvalue weighted by Crippen LogP contribution is 2.20. The molecule has 0 aromatic heterocycles. The fourth-order valence-corrected chi connectivity index (χ4v) is 3.24. The first kappa shape index (κ1) is 22.6. The van der Waals surface area contributed by atoms with Crippen LogP contribution >= 0.6 is 24.0 Å². The lowest BCUT2D eigenvalue weighted by Crippen LogP contribution is -2.37. The molecule has 1 heterocycles. The van der Waals surface area contributed by atoms with E-state index in [4.69, 9.17) is 16.7 Å². The molecule has 2 N–H and O–H groups in total. The van der Waals surface area contributed by atoms with Crippen LogP contribution in [0, 0.1) is 5.82 Å². The Morgan fingerprint density at radius 1 is 1.38 bits per heavy atom. The van der Waals surface area contributed by atoms with Crippen LogP contribution in [-0.2, 0) is 9.59 Å². The van der Waals surface area contributed by atoms with E-state index in [1.54, 1.807) is 0 Å². The van der Waals surface area contributed by atoms with Gasteiger partial charge in [0.25, 0.3) is 0 Å². The van der Waals surface area contributed by atoms with Crippen molar-refractivity contribution in [1.82, 2.24) is 9.80 Å². The molecule has 0 radical (unpaired) electrons. The van der Waals surface area contributed by atoms with Crippen LogP contribution in [-0.4, -0.2) is 66.1 Å². The number of carbonyl (C=O) groups excluding carboxylic acids is 1. The van der Waals surface area contributed by atoms with Crippen molar-refractivity contribution in [2.24, 2.45) is 0 Å². The van der Waals surface area contributed by atoms with E-state index in [9.17, 15) is 14.0 Å². The van der Waals surface area contributed by atoms with Gasteiger partial charge in [0.1, 0.15) is 5.82 Å². The average molecular weight is 408 g/mol. The number of carboxylic acids is 1. The Kier molecular flexibility index (Phi) is 9.29. The maximum Gasteiger partial charge on any atom is 0.317 e. The molecule has 1 fully saturated rings.